The number of carbonyl (C=O) groups is 1. The van der Waals surface area contributed by atoms with E-state index in [1.165, 1.54) is 17.1 Å². The molecule has 20 heavy (non-hydrogen) atoms. The van der Waals surface area contributed by atoms with Crippen LogP contribution in [0.15, 0.2) is 41.6 Å². The third kappa shape index (κ3) is 3.44. The Labute approximate surface area is 130 Å². The van der Waals surface area contributed by atoms with Gasteiger partial charge in [0, 0.05) is 28.4 Å². The zero-order chi connectivity index (χ0) is 14.5. The SMILES string of the molecule is Cc1cncn(CCNC(=O)c2ccccc2I)c1=O. The highest BCUT2D eigenvalue weighted by molar-refractivity contribution is 14.1. The van der Waals surface area contributed by atoms with Gasteiger partial charge in [-0.25, -0.2) is 4.98 Å². The molecule has 0 aliphatic rings. The normalized spacial score (nSPS) is 10.3. The fourth-order valence-corrected chi connectivity index (χ4v) is 2.38. The van der Waals surface area contributed by atoms with Gasteiger partial charge in [0.15, 0.2) is 0 Å². The first-order chi connectivity index (χ1) is 9.59. The second-order valence-electron chi connectivity index (χ2n) is 4.31. The van der Waals surface area contributed by atoms with Crippen molar-refractivity contribution in [3.63, 3.8) is 0 Å². The van der Waals surface area contributed by atoms with E-state index in [9.17, 15) is 9.59 Å². The molecule has 1 aromatic heterocycles. The van der Waals surface area contributed by atoms with E-state index in [2.05, 4.69) is 32.9 Å². The number of aryl methyl sites for hydroxylation is 1. The zero-order valence-electron chi connectivity index (χ0n) is 11.0. The van der Waals surface area contributed by atoms with Gasteiger partial charge in [-0.3, -0.25) is 14.2 Å². The van der Waals surface area contributed by atoms with Gasteiger partial charge in [0.1, 0.15) is 0 Å². The second-order valence-corrected chi connectivity index (χ2v) is 5.47. The van der Waals surface area contributed by atoms with E-state index in [4.69, 9.17) is 0 Å². The van der Waals surface area contributed by atoms with E-state index >= 15 is 0 Å². The molecule has 0 spiro atoms. The largest absolute Gasteiger partial charge is 0.350 e. The van der Waals surface area contributed by atoms with Crippen LogP contribution in [0.3, 0.4) is 0 Å². The van der Waals surface area contributed by atoms with Crippen molar-refractivity contribution in [2.75, 3.05) is 6.54 Å². The smallest absolute Gasteiger partial charge is 0.256 e. The van der Waals surface area contributed by atoms with E-state index in [-0.39, 0.29) is 11.5 Å². The number of benzene rings is 1. The number of halogens is 1. The van der Waals surface area contributed by atoms with Crippen molar-refractivity contribution in [3.05, 3.63) is 61.8 Å². The molecule has 0 atom stereocenters. The second kappa shape index (κ2) is 6.65. The Bertz CT molecular complexity index is 682. The standard InChI is InChI=1S/C14H14IN3O2/c1-10-8-16-9-18(14(10)20)7-6-17-13(19)11-4-2-3-5-12(11)15/h2-5,8-9H,6-7H2,1H3,(H,17,19). The van der Waals surface area contributed by atoms with E-state index < -0.39 is 0 Å². The molecule has 0 aliphatic carbocycles. The molecule has 2 aromatic rings. The summed E-state index contributed by atoms with van der Waals surface area (Å²) in [5.41, 5.74) is 1.16. The predicted molar refractivity (Wildman–Crippen MR) is 84.7 cm³/mol. The molecule has 1 amide bonds. The third-order valence-electron chi connectivity index (χ3n) is 2.83. The number of carbonyl (C=O) groups excluding carboxylic acids is 1. The molecule has 0 aliphatic heterocycles. The van der Waals surface area contributed by atoms with Crippen LogP contribution in [0.1, 0.15) is 15.9 Å². The van der Waals surface area contributed by atoms with Gasteiger partial charge in [-0.15, -0.1) is 0 Å². The number of hydrogen-bond acceptors (Lipinski definition) is 3. The Morgan fingerprint density at radius 3 is 2.90 bits per heavy atom. The molecule has 5 nitrogen and oxygen atoms in total. The summed E-state index contributed by atoms with van der Waals surface area (Å²) in [6, 6.07) is 7.37. The summed E-state index contributed by atoms with van der Waals surface area (Å²) in [6.07, 6.45) is 3.01. The molecular formula is C14H14IN3O2. The van der Waals surface area contributed by atoms with E-state index in [1.54, 1.807) is 13.0 Å². The Morgan fingerprint density at radius 1 is 1.40 bits per heavy atom. The Hall–Kier alpha value is -1.70. The van der Waals surface area contributed by atoms with Gasteiger partial charge in [-0.1, -0.05) is 12.1 Å². The summed E-state index contributed by atoms with van der Waals surface area (Å²) >= 11 is 2.12. The molecule has 0 fully saturated rings. The monoisotopic (exact) mass is 383 g/mol. The maximum Gasteiger partial charge on any atom is 0.256 e. The van der Waals surface area contributed by atoms with Gasteiger partial charge in [0.05, 0.1) is 11.9 Å². The molecule has 6 heteroatoms. The number of amides is 1. The molecule has 1 N–H and O–H groups in total. The first-order valence-corrected chi connectivity index (χ1v) is 7.21. The minimum absolute atomic E-state index is 0.0801. The van der Waals surface area contributed by atoms with Crippen LogP contribution in [0, 0.1) is 10.5 Å². The summed E-state index contributed by atoms with van der Waals surface area (Å²) in [4.78, 5) is 27.7. The van der Waals surface area contributed by atoms with Gasteiger partial charge in [0.25, 0.3) is 11.5 Å². The quantitative estimate of drug-likeness (QED) is 0.816. The summed E-state index contributed by atoms with van der Waals surface area (Å²) in [7, 11) is 0. The molecule has 0 saturated carbocycles. The Morgan fingerprint density at radius 2 is 2.15 bits per heavy atom. The number of nitrogens with one attached hydrogen (secondary N) is 1. The van der Waals surface area contributed by atoms with Crippen molar-refractivity contribution < 1.29 is 4.79 Å². The maximum absolute atomic E-state index is 12.0. The van der Waals surface area contributed by atoms with E-state index in [0.717, 1.165) is 3.57 Å². The van der Waals surface area contributed by atoms with Crippen molar-refractivity contribution in [2.45, 2.75) is 13.5 Å². The van der Waals surface area contributed by atoms with Crippen molar-refractivity contribution in [2.24, 2.45) is 0 Å². The van der Waals surface area contributed by atoms with Gasteiger partial charge >= 0.3 is 0 Å². The first kappa shape index (κ1) is 14.7. The molecule has 0 unspecified atom stereocenters. The topological polar surface area (TPSA) is 64.0 Å². The van der Waals surface area contributed by atoms with Crippen LogP contribution < -0.4 is 10.9 Å². The average molecular weight is 383 g/mol. The van der Waals surface area contributed by atoms with Gasteiger partial charge in [-0.05, 0) is 41.6 Å². The van der Waals surface area contributed by atoms with Crippen LogP contribution >= 0.6 is 22.6 Å². The van der Waals surface area contributed by atoms with Gasteiger partial charge in [-0.2, -0.15) is 0 Å². The average Bonchev–Trinajstić information content (AvgIpc) is 2.44. The molecule has 0 saturated heterocycles. The van der Waals surface area contributed by atoms with Crippen LogP contribution in [-0.2, 0) is 6.54 Å². The first-order valence-electron chi connectivity index (χ1n) is 6.13. The lowest BCUT2D eigenvalue weighted by atomic mass is 10.2. The fraction of sp³-hybridized carbons (Fsp3) is 0.214. The van der Waals surface area contributed by atoms with E-state index in [1.807, 2.05) is 18.2 Å². The van der Waals surface area contributed by atoms with E-state index in [0.29, 0.717) is 24.2 Å². The summed E-state index contributed by atoms with van der Waals surface area (Å²) in [6.45, 7) is 2.51. The molecule has 1 aromatic carbocycles. The number of rotatable bonds is 4. The number of nitrogens with zero attached hydrogens (tertiary/aromatic N) is 2. The molecular weight excluding hydrogens is 369 g/mol. The fourth-order valence-electron chi connectivity index (χ4n) is 1.75. The van der Waals surface area contributed by atoms with Crippen LogP contribution in [0.2, 0.25) is 0 Å². The maximum atomic E-state index is 12.0. The molecule has 0 bridgehead atoms. The summed E-state index contributed by atoms with van der Waals surface area (Å²) in [5, 5.41) is 2.80. The number of aromatic nitrogens is 2. The Balaban J connectivity index is 1.97. The molecule has 2 rings (SSSR count). The zero-order valence-corrected chi connectivity index (χ0v) is 13.1. The molecule has 1 heterocycles. The van der Waals surface area contributed by atoms with Crippen molar-refractivity contribution >= 4 is 28.5 Å². The van der Waals surface area contributed by atoms with Crippen LogP contribution in [0.5, 0.6) is 0 Å². The minimum atomic E-state index is -0.135. The minimum Gasteiger partial charge on any atom is -0.350 e. The summed E-state index contributed by atoms with van der Waals surface area (Å²) in [5.74, 6) is -0.135. The molecule has 0 radical (unpaired) electrons. The highest BCUT2D eigenvalue weighted by Crippen LogP contribution is 2.10. The van der Waals surface area contributed by atoms with Gasteiger partial charge in [0.2, 0.25) is 0 Å². The highest BCUT2D eigenvalue weighted by Gasteiger charge is 2.08. The lowest BCUT2D eigenvalue weighted by Crippen LogP contribution is -2.31. The van der Waals surface area contributed by atoms with Crippen LogP contribution in [-0.4, -0.2) is 22.0 Å². The van der Waals surface area contributed by atoms with Crippen molar-refractivity contribution in [1.82, 2.24) is 14.9 Å². The third-order valence-corrected chi connectivity index (χ3v) is 3.77. The lowest BCUT2D eigenvalue weighted by Gasteiger charge is -2.08. The highest BCUT2D eigenvalue weighted by atomic mass is 127. The summed E-state index contributed by atoms with van der Waals surface area (Å²) < 4.78 is 2.39. The van der Waals surface area contributed by atoms with Crippen LogP contribution in [0.25, 0.3) is 0 Å². The predicted octanol–water partition coefficient (Wildman–Crippen LogP) is 1.59. The van der Waals surface area contributed by atoms with Crippen molar-refractivity contribution in [3.8, 4) is 0 Å². The Kier molecular flexibility index (Phi) is 4.89. The number of hydrogen-bond donors (Lipinski definition) is 1. The van der Waals surface area contributed by atoms with Crippen LogP contribution in [0.4, 0.5) is 0 Å². The van der Waals surface area contributed by atoms with Crippen molar-refractivity contribution in [1.29, 1.82) is 0 Å². The van der Waals surface area contributed by atoms with Gasteiger partial charge < -0.3 is 5.32 Å². The lowest BCUT2D eigenvalue weighted by molar-refractivity contribution is 0.0951. The molecule has 104 valence electrons.